The van der Waals surface area contributed by atoms with Gasteiger partial charge in [-0.05, 0) is 17.7 Å². The van der Waals surface area contributed by atoms with Crippen LogP contribution >= 0.6 is 23.2 Å². The Kier molecular flexibility index (Phi) is 4.04. The summed E-state index contributed by atoms with van der Waals surface area (Å²) in [5.74, 6) is -3.09. The minimum Gasteiger partial charge on any atom is -0.320 e. The van der Waals surface area contributed by atoms with Crippen molar-refractivity contribution in [3.63, 3.8) is 0 Å². The van der Waals surface area contributed by atoms with Gasteiger partial charge in [-0.1, -0.05) is 29.3 Å². The van der Waals surface area contributed by atoms with Gasteiger partial charge in [-0.15, -0.1) is 0 Å². The van der Waals surface area contributed by atoms with E-state index in [4.69, 9.17) is 28.9 Å². The molecule has 0 bridgehead atoms. The maximum atomic E-state index is 13.6. The molecule has 1 unspecified atom stereocenters. The van der Waals surface area contributed by atoms with Crippen LogP contribution in [-0.4, -0.2) is 0 Å². The second-order valence-electron chi connectivity index (χ2n) is 3.93. The summed E-state index contributed by atoms with van der Waals surface area (Å²) in [4.78, 5) is 0. The van der Waals surface area contributed by atoms with E-state index in [0.717, 1.165) is 0 Å². The van der Waals surface area contributed by atoms with Crippen molar-refractivity contribution < 1.29 is 13.2 Å². The topological polar surface area (TPSA) is 26.0 Å². The first kappa shape index (κ1) is 14.2. The quantitative estimate of drug-likeness (QED) is 0.871. The molecule has 0 aliphatic rings. The van der Waals surface area contributed by atoms with Crippen LogP contribution in [0.2, 0.25) is 10.0 Å². The van der Waals surface area contributed by atoms with E-state index in [1.165, 1.54) is 18.2 Å². The zero-order chi connectivity index (χ0) is 14.2. The number of halogens is 5. The minimum absolute atomic E-state index is 0.220. The molecule has 2 aromatic rings. The zero-order valence-corrected chi connectivity index (χ0v) is 10.9. The summed E-state index contributed by atoms with van der Waals surface area (Å²) in [6, 6.07) is 4.44. The van der Waals surface area contributed by atoms with E-state index in [2.05, 4.69) is 0 Å². The summed E-state index contributed by atoms with van der Waals surface area (Å²) >= 11 is 11.6. The first-order valence-electron chi connectivity index (χ1n) is 5.25. The highest BCUT2D eigenvalue weighted by Gasteiger charge is 2.20. The van der Waals surface area contributed by atoms with Gasteiger partial charge >= 0.3 is 0 Å². The van der Waals surface area contributed by atoms with E-state index in [-0.39, 0.29) is 5.02 Å². The molecule has 1 atom stereocenters. The maximum absolute atomic E-state index is 13.6. The van der Waals surface area contributed by atoms with Crippen LogP contribution in [0.25, 0.3) is 0 Å². The van der Waals surface area contributed by atoms with Crippen LogP contribution in [0.15, 0.2) is 30.3 Å². The summed E-state index contributed by atoms with van der Waals surface area (Å²) < 4.78 is 40.0. The van der Waals surface area contributed by atoms with Gasteiger partial charge in [0, 0.05) is 17.7 Å². The third kappa shape index (κ3) is 2.86. The number of rotatable bonds is 2. The second kappa shape index (κ2) is 5.41. The van der Waals surface area contributed by atoms with Crippen LogP contribution in [0.1, 0.15) is 17.2 Å². The summed E-state index contributed by atoms with van der Waals surface area (Å²) in [5, 5.41) is 0.523. The Bertz CT molecular complexity index is 608. The van der Waals surface area contributed by atoms with E-state index in [1.807, 2.05) is 0 Å². The van der Waals surface area contributed by atoms with Crippen molar-refractivity contribution >= 4 is 23.2 Å². The fraction of sp³-hybridized carbons (Fsp3) is 0.0769. The van der Waals surface area contributed by atoms with Gasteiger partial charge in [-0.3, -0.25) is 0 Å². The summed E-state index contributed by atoms with van der Waals surface area (Å²) in [7, 11) is 0. The molecule has 0 amide bonds. The van der Waals surface area contributed by atoms with E-state index in [1.54, 1.807) is 0 Å². The molecule has 6 heteroatoms. The lowest BCUT2D eigenvalue weighted by Gasteiger charge is -2.15. The highest BCUT2D eigenvalue weighted by atomic mass is 35.5. The van der Waals surface area contributed by atoms with Gasteiger partial charge < -0.3 is 5.73 Å². The normalized spacial score (nSPS) is 12.5. The molecule has 0 aliphatic carbocycles. The Balaban J connectivity index is 2.49. The maximum Gasteiger partial charge on any atom is 0.134 e. The molecule has 0 heterocycles. The Hall–Kier alpha value is -1.23. The van der Waals surface area contributed by atoms with Crippen molar-refractivity contribution in [3.8, 4) is 0 Å². The smallest absolute Gasteiger partial charge is 0.134 e. The van der Waals surface area contributed by atoms with Gasteiger partial charge in [-0.2, -0.15) is 0 Å². The monoisotopic (exact) mass is 305 g/mol. The van der Waals surface area contributed by atoms with Crippen LogP contribution in [0.4, 0.5) is 13.2 Å². The Morgan fingerprint density at radius 1 is 0.895 bits per heavy atom. The molecule has 1 nitrogen and oxygen atoms in total. The SMILES string of the molecule is NC(c1ccc(Cl)c(Cl)c1)c1c(F)cc(F)cc1F. The number of hydrogen-bond acceptors (Lipinski definition) is 1. The molecule has 2 rings (SSSR count). The van der Waals surface area contributed by atoms with Gasteiger partial charge in [0.15, 0.2) is 0 Å². The van der Waals surface area contributed by atoms with Crippen LogP contribution in [-0.2, 0) is 0 Å². The number of nitrogens with two attached hydrogens (primary N) is 1. The average molecular weight is 306 g/mol. The molecule has 0 fully saturated rings. The molecule has 0 aromatic heterocycles. The molecule has 0 saturated heterocycles. The van der Waals surface area contributed by atoms with Crippen LogP contribution in [0, 0.1) is 17.5 Å². The van der Waals surface area contributed by atoms with Gasteiger partial charge in [0.05, 0.1) is 16.1 Å². The molecule has 2 N–H and O–H groups in total. The van der Waals surface area contributed by atoms with Crippen molar-refractivity contribution in [3.05, 3.63) is 69.0 Å². The molecule has 2 aromatic carbocycles. The largest absolute Gasteiger partial charge is 0.320 e. The van der Waals surface area contributed by atoms with Crippen molar-refractivity contribution in [2.45, 2.75) is 6.04 Å². The highest BCUT2D eigenvalue weighted by molar-refractivity contribution is 6.42. The third-order valence-corrected chi connectivity index (χ3v) is 3.40. The molecule has 19 heavy (non-hydrogen) atoms. The zero-order valence-electron chi connectivity index (χ0n) is 9.43. The summed E-state index contributed by atoms with van der Waals surface area (Å²) in [5.41, 5.74) is 5.74. The van der Waals surface area contributed by atoms with Gasteiger partial charge in [0.2, 0.25) is 0 Å². The van der Waals surface area contributed by atoms with Crippen LogP contribution < -0.4 is 5.73 Å². The Morgan fingerprint density at radius 2 is 1.47 bits per heavy atom. The average Bonchev–Trinajstić information content (AvgIpc) is 2.31. The van der Waals surface area contributed by atoms with Crippen molar-refractivity contribution in [1.82, 2.24) is 0 Å². The van der Waals surface area contributed by atoms with Crippen LogP contribution in [0.5, 0.6) is 0 Å². The third-order valence-electron chi connectivity index (χ3n) is 2.66. The standard InChI is InChI=1S/C13H8Cl2F3N/c14-8-2-1-6(3-9(8)15)13(19)12-10(17)4-7(16)5-11(12)18/h1-5,13H,19H2. The summed E-state index contributed by atoms with van der Waals surface area (Å²) in [6.45, 7) is 0. The second-order valence-corrected chi connectivity index (χ2v) is 4.75. The van der Waals surface area contributed by atoms with Gasteiger partial charge in [-0.25, -0.2) is 13.2 Å². The highest BCUT2D eigenvalue weighted by Crippen LogP contribution is 2.30. The lowest BCUT2D eigenvalue weighted by molar-refractivity contribution is 0.515. The Labute approximate surface area is 117 Å². The minimum atomic E-state index is -1.10. The lowest BCUT2D eigenvalue weighted by atomic mass is 9.98. The first-order valence-corrected chi connectivity index (χ1v) is 6.00. The van der Waals surface area contributed by atoms with Gasteiger partial charge in [0.1, 0.15) is 17.5 Å². The van der Waals surface area contributed by atoms with E-state index in [0.29, 0.717) is 22.7 Å². The molecule has 0 spiro atoms. The van der Waals surface area contributed by atoms with Crippen molar-refractivity contribution in [2.75, 3.05) is 0 Å². The molecule has 0 aliphatic heterocycles. The Morgan fingerprint density at radius 3 is 2.00 bits per heavy atom. The molecular weight excluding hydrogens is 298 g/mol. The fourth-order valence-electron chi connectivity index (χ4n) is 1.72. The van der Waals surface area contributed by atoms with E-state index < -0.39 is 29.1 Å². The van der Waals surface area contributed by atoms with Crippen molar-refractivity contribution in [2.24, 2.45) is 5.73 Å². The van der Waals surface area contributed by atoms with Gasteiger partial charge in [0.25, 0.3) is 0 Å². The molecule has 0 saturated carbocycles. The predicted molar refractivity (Wildman–Crippen MR) is 68.8 cm³/mol. The van der Waals surface area contributed by atoms with Crippen molar-refractivity contribution in [1.29, 1.82) is 0 Å². The molecule has 0 radical (unpaired) electrons. The number of benzene rings is 2. The molecular formula is C13H8Cl2F3N. The summed E-state index contributed by atoms with van der Waals surface area (Å²) in [6.07, 6.45) is 0. The number of hydrogen-bond donors (Lipinski definition) is 1. The van der Waals surface area contributed by atoms with Crippen LogP contribution in [0.3, 0.4) is 0 Å². The van der Waals surface area contributed by atoms with E-state index >= 15 is 0 Å². The fourth-order valence-corrected chi connectivity index (χ4v) is 2.03. The molecule has 100 valence electrons. The first-order chi connectivity index (χ1) is 8.90. The predicted octanol–water partition coefficient (Wildman–Crippen LogP) is 4.46. The van der Waals surface area contributed by atoms with E-state index in [9.17, 15) is 13.2 Å². The lowest BCUT2D eigenvalue weighted by Crippen LogP contribution is -2.16.